The number of aryl methyl sites for hydroxylation is 1. The molecular weight excluding hydrogens is 252 g/mol. The van der Waals surface area contributed by atoms with E-state index in [1.807, 2.05) is 25.1 Å². The van der Waals surface area contributed by atoms with Gasteiger partial charge in [-0.1, -0.05) is 18.1 Å². The molecule has 1 fully saturated rings. The van der Waals surface area contributed by atoms with Crippen LogP contribution < -0.4 is 5.32 Å². The molecular formula is C16H24N2O2. The van der Waals surface area contributed by atoms with Gasteiger partial charge < -0.3 is 15.0 Å². The number of hydrogen-bond donors (Lipinski definition) is 1. The van der Waals surface area contributed by atoms with Crippen LogP contribution in [0, 0.1) is 6.92 Å². The number of likely N-dealkylation sites (N-methyl/N-ethyl adjacent to an activating group) is 1. The summed E-state index contributed by atoms with van der Waals surface area (Å²) in [5.41, 5.74) is 2.54. The van der Waals surface area contributed by atoms with E-state index in [1.54, 1.807) is 0 Å². The number of ether oxygens (including phenoxy) is 1. The second-order valence-electron chi connectivity index (χ2n) is 5.55. The van der Waals surface area contributed by atoms with E-state index < -0.39 is 0 Å². The number of carbonyl (C=O) groups is 1. The third kappa shape index (κ3) is 3.51. The highest BCUT2D eigenvalue weighted by atomic mass is 16.5. The summed E-state index contributed by atoms with van der Waals surface area (Å²) in [5, 5.41) is 3.41. The highest BCUT2D eigenvalue weighted by Gasteiger charge is 2.19. The van der Waals surface area contributed by atoms with Gasteiger partial charge in [0.1, 0.15) is 0 Å². The number of benzene rings is 1. The second-order valence-corrected chi connectivity index (χ2v) is 5.55. The molecule has 2 rings (SSSR count). The summed E-state index contributed by atoms with van der Waals surface area (Å²) >= 11 is 0. The van der Waals surface area contributed by atoms with Gasteiger partial charge in [-0.3, -0.25) is 0 Å². The monoisotopic (exact) mass is 276 g/mol. The smallest absolute Gasteiger partial charge is 0.339 e. The molecule has 4 nitrogen and oxygen atoms in total. The van der Waals surface area contributed by atoms with Gasteiger partial charge in [0.2, 0.25) is 0 Å². The van der Waals surface area contributed by atoms with Crippen LogP contribution in [-0.4, -0.2) is 44.2 Å². The zero-order valence-corrected chi connectivity index (χ0v) is 12.6. The molecule has 1 N–H and O–H groups in total. The Morgan fingerprint density at radius 1 is 1.45 bits per heavy atom. The number of piperidine rings is 1. The van der Waals surface area contributed by atoms with E-state index in [1.165, 1.54) is 26.4 Å². The van der Waals surface area contributed by atoms with E-state index >= 15 is 0 Å². The quantitative estimate of drug-likeness (QED) is 0.859. The molecule has 1 aromatic carbocycles. The largest absolute Gasteiger partial charge is 0.465 e. The lowest BCUT2D eigenvalue weighted by Crippen LogP contribution is -2.40. The van der Waals surface area contributed by atoms with Gasteiger partial charge in [0, 0.05) is 18.3 Å². The predicted octanol–water partition coefficient (Wildman–Crippen LogP) is 2.68. The first-order valence-corrected chi connectivity index (χ1v) is 7.25. The maximum Gasteiger partial charge on any atom is 0.339 e. The standard InChI is InChI=1S/C16H24N2O2/c1-12-7-8-15(14(10-12)16(19)20-3)17-11-13-6-4-5-9-18(13)2/h7-8,10,13,17H,4-6,9,11H2,1-3H3. The molecule has 0 bridgehead atoms. The molecule has 1 aliphatic rings. The Labute approximate surface area is 121 Å². The van der Waals surface area contributed by atoms with Crippen LogP contribution in [0.2, 0.25) is 0 Å². The van der Waals surface area contributed by atoms with Gasteiger partial charge in [0.25, 0.3) is 0 Å². The summed E-state index contributed by atoms with van der Waals surface area (Å²) in [6.07, 6.45) is 3.78. The fourth-order valence-electron chi connectivity index (χ4n) is 2.72. The third-order valence-electron chi connectivity index (χ3n) is 4.03. The number of hydrogen-bond acceptors (Lipinski definition) is 4. The van der Waals surface area contributed by atoms with Crippen molar-refractivity contribution >= 4 is 11.7 Å². The van der Waals surface area contributed by atoms with Crippen LogP contribution in [0.25, 0.3) is 0 Å². The van der Waals surface area contributed by atoms with Crippen LogP contribution in [-0.2, 0) is 4.74 Å². The van der Waals surface area contributed by atoms with Crippen molar-refractivity contribution in [1.29, 1.82) is 0 Å². The molecule has 0 saturated carbocycles. The van der Waals surface area contributed by atoms with Crippen molar-refractivity contribution in [1.82, 2.24) is 4.90 Å². The normalized spacial score (nSPS) is 19.6. The minimum Gasteiger partial charge on any atom is -0.465 e. The van der Waals surface area contributed by atoms with Crippen molar-refractivity contribution in [2.24, 2.45) is 0 Å². The molecule has 1 aromatic rings. The molecule has 1 atom stereocenters. The van der Waals surface area contributed by atoms with Gasteiger partial charge in [-0.2, -0.15) is 0 Å². The molecule has 0 spiro atoms. The number of carbonyl (C=O) groups excluding carboxylic acids is 1. The zero-order valence-electron chi connectivity index (χ0n) is 12.6. The first kappa shape index (κ1) is 14.9. The van der Waals surface area contributed by atoms with Crippen LogP contribution in [0.5, 0.6) is 0 Å². The number of nitrogens with one attached hydrogen (secondary N) is 1. The minimum atomic E-state index is -0.284. The lowest BCUT2D eigenvalue weighted by Gasteiger charge is -2.32. The number of nitrogens with zero attached hydrogens (tertiary/aromatic N) is 1. The van der Waals surface area contributed by atoms with Crippen molar-refractivity contribution in [2.75, 3.05) is 32.6 Å². The lowest BCUT2D eigenvalue weighted by atomic mass is 10.0. The first-order chi connectivity index (χ1) is 9.61. The maximum atomic E-state index is 11.8. The van der Waals surface area contributed by atoms with Gasteiger partial charge in [0.15, 0.2) is 0 Å². The van der Waals surface area contributed by atoms with Crippen molar-refractivity contribution in [3.05, 3.63) is 29.3 Å². The fourth-order valence-corrected chi connectivity index (χ4v) is 2.72. The van der Waals surface area contributed by atoms with E-state index in [0.717, 1.165) is 24.3 Å². The van der Waals surface area contributed by atoms with Crippen molar-refractivity contribution in [2.45, 2.75) is 32.2 Å². The van der Waals surface area contributed by atoms with Crippen LogP contribution >= 0.6 is 0 Å². The minimum absolute atomic E-state index is 0.284. The van der Waals surface area contributed by atoms with Gasteiger partial charge in [-0.15, -0.1) is 0 Å². The molecule has 0 aromatic heterocycles. The molecule has 0 aliphatic carbocycles. The Morgan fingerprint density at radius 3 is 2.95 bits per heavy atom. The number of rotatable bonds is 4. The summed E-state index contributed by atoms with van der Waals surface area (Å²) in [4.78, 5) is 14.2. The van der Waals surface area contributed by atoms with E-state index in [4.69, 9.17) is 4.74 Å². The number of likely N-dealkylation sites (tertiary alicyclic amines) is 1. The van der Waals surface area contributed by atoms with Crippen LogP contribution in [0.3, 0.4) is 0 Å². The third-order valence-corrected chi connectivity index (χ3v) is 4.03. The van der Waals surface area contributed by atoms with E-state index in [9.17, 15) is 4.79 Å². The molecule has 0 radical (unpaired) electrons. The highest BCUT2D eigenvalue weighted by molar-refractivity contribution is 5.95. The summed E-state index contributed by atoms with van der Waals surface area (Å²) in [6, 6.07) is 6.39. The van der Waals surface area contributed by atoms with Gasteiger partial charge >= 0.3 is 5.97 Å². The van der Waals surface area contributed by atoms with Crippen LogP contribution in [0.1, 0.15) is 35.2 Å². The average Bonchev–Trinajstić information content (AvgIpc) is 2.46. The number of methoxy groups -OCH3 is 1. The van der Waals surface area contributed by atoms with Crippen LogP contribution in [0.15, 0.2) is 18.2 Å². The van der Waals surface area contributed by atoms with Gasteiger partial charge in [-0.05, 0) is 45.5 Å². The Kier molecular flexibility index (Phi) is 5.01. The second kappa shape index (κ2) is 6.75. The predicted molar refractivity (Wildman–Crippen MR) is 81.3 cm³/mol. The molecule has 1 heterocycles. The SMILES string of the molecule is COC(=O)c1cc(C)ccc1NCC1CCCCN1C. The Bertz CT molecular complexity index is 474. The molecule has 20 heavy (non-hydrogen) atoms. The summed E-state index contributed by atoms with van der Waals surface area (Å²) in [6.45, 7) is 4.00. The zero-order chi connectivity index (χ0) is 14.5. The Hall–Kier alpha value is -1.55. The van der Waals surface area contributed by atoms with Crippen molar-refractivity contribution < 1.29 is 9.53 Å². The molecule has 0 amide bonds. The molecule has 4 heteroatoms. The van der Waals surface area contributed by atoms with Crippen molar-refractivity contribution in [3.8, 4) is 0 Å². The van der Waals surface area contributed by atoms with E-state index in [0.29, 0.717) is 11.6 Å². The number of esters is 1. The first-order valence-electron chi connectivity index (χ1n) is 7.25. The van der Waals surface area contributed by atoms with Crippen LogP contribution in [0.4, 0.5) is 5.69 Å². The van der Waals surface area contributed by atoms with Gasteiger partial charge in [0.05, 0.1) is 12.7 Å². The summed E-state index contributed by atoms with van der Waals surface area (Å²) < 4.78 is 4.86. The van der Waals surface area contributed by atoms with E-state index in [2.05, 4.69) is 17.3 Å². The summed E-state index contributed by atoms with van der Waals surface area (Å²) in [5.74, 6) is -0.284. The maximum absolute atomic E-state index is 11.8. The molecule has 110 valence electrons. The van der Waals surface area contributed by atoms with Crippen molar-refractivity contribution in [3.63, 3.8) is 0 Å². The Morgan fingerprint density at radius 2 is 2.25 bits per heavy atom. The molecule has 1 aliphatic heterocycles. The lowest BCUT2D eigenvalue weighted by molar-refractivity contribution is 0.0601. The Balaban J connectivity index is 2.06. The summed E-state index contributed by atoms with van der Waals surface area (Å²) in [7, 11) is 3.59. The highest BCUT2D eigenvalue weighted by Crippen LogP contribution is 2.20. The molecule has 1 unspecified atom stereocenters. The average molecular weight is 276 g/mol. The number of anilines is 1. The topological polar surface area (TPSA) is 41.6 Å². The van der Waals surface area contributed by atoms with E-state index in [-0.39, 0.29) is 5.97 Å². The fraction of sp³-hybridized carbons (Fsp3) is 0.562. The molecule has 1 saturated heterocycles. The van der Waals surface area contributed by atoms with Gasteiger partial charge in [-0.25, -0.2) is 4.79 Å².